The predicted octanol–water partition coefficient (Wildman–Crippen LogP) is 1.09. The van der Waals surface area contributed by atoms with E-state index in [0.717, 1.165) is 5.56 Å². The monoisotopic (exact) mass is 293 g/mol. The molecule has 5 N–H and O–H groups in total. The minimum atomic E-state index is -0.847. The summed E-state index contributed by atoms with van der Waals surface area (Å²) < 4.78 is 0. The summed E-state index contributed by atoms with van der Waals surface area (Å²) in [6.45, 7) is 1.68. The van der Waals surface area contributed by atoms with Crippen molar-refractivity contribution in [2.45, 2.75) is 32.2 Å². The Bertz CT molecular complexity index is 513. The van der Waals surface area contributed by atoms with E-state index < -0.39 is 17.9 Å². The van der Waals surface area contributed by atoms with E-state index in [1.807, 2.05) is 0 Å². The highest BCUT2D eigenvalue weighted by molar-refractivity contribution is 5.89. The lowest BCUT2D eigenvalue weighted by Crippen LogP contribution is -2.38. The van der Waals surface area contributed by atoms with Gasteiger partial charge in [0.2, 0.25) is 5.91 Å². The number of aliphatic carboxylic acids is 1. The summed E-state index contributed by atoms with van der Waals surface area (Å²) in [4.78, 5) is 32.8. The SMILES string of the molecule is CC(CC(N)=O)NC(=O)Nc1ccc(CCC(=O)O)cc1. The normalized spacial score (nSPS) is 11.5. The molecule has 1 unspecified atom stereocenters. The lowest BCUT2D eigenvalue weighted by Gasteiger charge is -2.13. The Labute approximate surface area is 122 Å². The number of rotatable bonds is 7. The molecule has 0 spiro atoms. The van der Waals surface area contributed by atoms with Gasteiger partial charge in [0.25, 0.3) is 0 Å². The Morgan fingerprint density at radius 2 is 1.86 bits per heavy atom. The maximum atomic E-state index is 11.7. The average molecular weight is 293 g/mol. The number of carbonyl (C=O) groups is 3. The molecule has 1 rings (SSSR count). The van der Waals surface area contributed by atoms with Crippen LogP contribution in [-0.4, -0.2) is 29.1 Å². The summed E-state index contributed by atoms with van der Waals surface area (Å²) in [5, 5.41) is 13.8. The first-order valence-electron chi connectivity index (χ1n) is 6.53. The van der Waals surface area contributed by atoms with Gasteiger partial charge >= 0.3 is 12.0 Å². The number of aryl methyl sites for hydroxylation is 1. The van der Waals surface area contributed by atoms with Gasteiger partial charge in [0.15, 0.2) is 0 Å². The number of urea groups is 1. The molecule has 1 aromatic rings. The van der Waals surface area contributed by atoms with E-state index in [0.29, 0.717) is 12.1 Å². The number of benzene rings is 1. The molecule has 0 bridgehead atoms. The van der Waals surface area contributed by atoms with Crippen LogP contribution in [0.1, 0.15) is 25.3 Å². The highest BCUT2D eigenvalue weighted by Crippen LogP contribution is 2.11. The number of nitrogens with one attached hydrogen (secondary N) is 2. The molecule has 0 aliphatic heterocycles. The lowest BCUT2D eigenvalue weighted by atomic mass is 10.1. The van der Waals surface area contributed by atoms with Crippen molar-refractivity contribution in [2.24, 2.45) is 5.73 Å². The molecule has 0 radical (unpaired) electrons. The number of amides is 3. The molecular formula is C14H19N3O4. The Morgan fingerprint density at radius 1 is 1.24 bits per heavy atom. The first-order valence-corrected chi connectivity index (χ1v) is 6.53. The van der Waals surface area contributed by atoms with Crippen LogP contribution in [0.3, 0.4) is 0 Å². The maximum absolute atomic E-state index is 11.7. The summed E-state index contributed by atoms with van der Waals surface area (Å²) in [7, 11) is 0. The van der Waals surface area contributed by atoms with Crippen LogP contribution in [0.2, 0.25) is 0 Å². The van der Waals surface area contributed by atoms with Crippen molar-refractivity contribution >= 4 is 23.6 Å². The van der Waals surface area contributed by atoms with Crippen molar-refractivity contribution < 1.29 is 19.5 Å². The van der Waals surface area contributed by atoms with E-state index in [1.165, 1.54) is 0 Å². The highest BCUT2D eigenvalue weighted by Gasteiger charge is 2.09. The molecule has 7 heteroatoms. The predicted molar refractivity (Wildman–Crippen MR) is 77.8 cm³/mol. The summed E-state index contributed by atoms with van der Waals surface area (Å²) in [5.41, 5.74) is 6.50. The van der Waals surface area contributed by atoms with Gasteiger partial charge in [-0.3, -0.25) is 9.59 Å². The van der Waals surface area contributed by atoms with Gasteiger partial charge in [0.1, 0.15) is 0 Å². The van der Waals surface area contributed by atoms with E-state index in [-0.39, 0.29) is 18.9 Å². The van der Waals surface area contributed by atoms with E-state index in [9.17, 15) is 14.4 Å². The largest absolute Gasteiger partial charge is 0.481 e. The molecular weight excluding hydrogens is 274 g/mol. The van der Waals surface area contributed by atoms with Crippen molar-refractivity contribution in [2.75, 3.05) is 5.32 Å². The summed E-state index contributed by atoms with van der Waals surface area (Å²) in [6, 6.07) is 6.11. The first-order chi connectivity index (χ1) is 9.86. The van der Waals surface area contributed by atoms with Gasteiger partial charge < -0.3 is 21.5 Å². The number of hydrogen-bond acceptors (Lipinski definition) is 3. The van der Waals surface area contributed by atoms with Gasteiger partial charge in [0, 0.05) is 24.6 Å². The number of carbonyl (C=O) groups excluding carboxylic acids is 2. The van der Waals surface area contributed by atoms with E-state index in [4.69, 9.17) is 10.8 Å². The third kappa shape index (κ3) is 6.95. The minimum Gasteiger partial charge on any atom is -0.481 e. The molecule has 0 fully saturated rings. The summed E-state index contributed by atoms with van der Waals surface area (Å²) in [6.07, 6.45) is 0.580. The quantitative estimate of drug-likeness (QED) is 0.601. The molecule has 114 valence electrons. The molecule has 0 aliphatic carbocycles. The number of carboxylic acids is 1. The van der Waals surface area contributed by atoms with Crippen LogP contribution in [0.25, 0.3) is 0 Å². The Balaban J connectivity index is 2.45. The molecule has 3 amide bonds. The van der Waals surface area contributed by atoms with E-state index in [1.54, 1.807) is 31.2 Å². The summed E-state index contributed by atoms with van der Waals surface area (Å²) >= 11 is 0. The van der Waals surface area contributed by atoms with Crippen LogP contribution in [0.4, 0.5) is 10.5 Å². The number of anilines is 1. The van der Waals surface area contributed by atoms with Crippen LogP contribution in [0, 0.1) is 0 Å². The van der Waals surface area contributed by atoms with Gasteiger partial charge in [-0.2, -0.15) is 0 Å². The van der Waals surface area contributed by atoms with Gasteiger partial charge in [-0.25, -0.2) is 4.79 Å². The smallest absolute Gasteiger partial charge is 0.319 e. The Kier molecular flexibility index (Phi) is 6.19. The number of nitrogens with two attached hydrogens (primary N) is 1. The topological polar surface area (TPSA) is 122 Å². The first kappa shape index (κ1) is 16.5. The van der Waals surface area contributed by atoms with Crippen LogP contribution >= 0.6 is 0 Å². The fourth-order valence-electron chi connectivity index (χ4n) is 1.75. The Morgan fingerprint density at radius 3 is 2.38 bits per heavy atom. The Hall–Kier alpha value is -2.57. The fourth-order valence-corrected chi connectivity index (χ4v) is 1.75. The second kappa shape index (κ2) is 7.88. The number of hydrogen-bond donors (Lipinski definition) is 4. The molecule has 0 aromatic heterocycles. The molecule has 0 saturated carbocycles. The molecule has 21 heavy (non-hydrogen) atoms. The second-order valence-corrected chi connectivity index (χ2v) is 4.76. The zero-order valence-corrected chi connectivity index (χ0v) is 11.8. The van der Waals surface area contributed by atoms with Crippen LogP contribution in [-0.2, 0) is 16.0 Å². The van der Waals surface area contributed by atoms with Crippen molar-refractivity contribution in [3.8, 4) is 0 Å². The fraction of sp³-hybridized carbons (Fsp3) is 0.357. The standard InChI is InChI=1S/C14H19N3O4/c1-9(8-12(15)18)16-14(21)17-11-5-2-10(3-6-11)4-7-13(19)20/h2-3,5-6,9H,4,7-8H2,1H3,(H2,15,18)(H,19,20)(H2,16,17,21). The number of primary amides is 1. The van der Waals surface area contributed by atoms with Crippen molar-refractivity contribution in [1.29, 1.82) is 0 Å². The van der Waals surface area contributed by atoms with Crippen molar-refractivity contribution in [3.63, 3.8) is 0 Å². The van der Waals surface area contributed by atoms with Gasteiger partial charge in [-0.1, -0.05) is 12.1 Å². The maximum Gasteiger partial charge on any atom is 0.319 e. The van der Waals surface area contributed by atoms with Gasteiger partial charge in [-0.05, 0) is 31.0 Å². The van der Waals surface area contributed by atoms with Crippen LogP contribution < -0.4 is 16.4 Å². The highest BCUT2D eigenvalue weighted by atomic mass is 16.4. The number of carboxylic acid groups (broad SMARTS) is 1. The van der Waals surface area contributed by atoms with Crippen LogP contribution in [0.5, 0.6) is 0 Å². The molecule has 7 nitrogen and oxygen atoms in total. The van der Waals surface area contributed by atoms with Crippen molar-refractivity contribution in [1.82, 2.24) is 5.32 Å². The molecule has 0 saturated heterocycles. The van der Waals surface area contributed by atoms with Crippen LogP contribution in [0.15, 0.2) is 24.3 Å². The lowest BCUT2D eigenvalue weighted by molar-refractivity contribution is -0.137. The molecule has 0 heterocycles. The molecule has 1 atom stereocenters. The summed E-state index contributed by atoms with van der Waals surface area (Å²) in [5.74, 6) is -1.33. The van der Waals surface area contributed by atoms with Gasteiger partial charge in [-0.15, -0.1) is 0 Å². The zero-order valence-electron chi connectivity index (χ0n) is 11.8. The third-order valence-electron chi connectivity index (χ3n) is 2.72. The van der Waals surface area contributed by atoms with E-state index >= 15 is 0 Å². The molecule has 1 aromatic carbocycles. The average Bonchev–Trinajstić information content (AvgIpc) is 2.36. The van der Waals surface area contributed by atoms with Crippen molar-refractivity contribution in [3.05, 3.63) is 29.8 Å². The van der Waals surface area contributed by atoms with E-state index in [2.05, 4.69) is 10.6 Å². The third-order valence-corrected chi connectivity index (χ3v) is 2.72. The zero-order chi connectivity index (χ0) is 15.8. The molecule has 0 aliphatic rings. The van der Waals surface area contributed by atoms with Gasteiger partial charge in [0.05, 0.1) is 0 Å². The minimum absolute atomic E-state index is 0.0674. The second-order valence-electron chi connectivity index (χ2n) is 4.76.